The molecule has 0 aliphatic rings. The zero-order valence-corrected chi connectivity index (χ0v) is 18.3. The molecule has 10 nitrogen and oxygen atoms in total. The molecule has 5 rings (SSSR count). The molecule has 11 heteroatoms. The minimum Gasteiger partial charge on any atom is -0.463 e. The predicted molar refractivity (Wildman–Crippen MR) is 127 cm³/mol. The summed E-state index contributed by atoms with van der Waals surface area (Å²) in [6.45, 7) is 1.93. The number of para-hydroxylation sites is 1. The number of hydrogen-bond donors (Lipinski definition) is 0. The number of fused-ring (bicyclic) bond motifs is 2. The van der Waals surface area contributed by atoms with Crippen LogP contribution in [0, 0.1) is 17.0 Å². The second kappa shape index (κ2) is 8.37. The van der Waals surface area contributed by atoms with Crippen LogP contribution in [0.15, 0.2) is 79.6 Å². The first-order chi connectivity index (χ1) is 16.4. The summed E-state index contributed by atoms with van der Waals surface area (Å²) in [6.07, 6.45) is 2.43. The van der Waals surface area contributed by atoms with Crippen LogP contribution in [0.2, 0.25) is 0 Å². The summed E-state index contributed by atoms with van der Waals surface area (Å²) < 4.78 is 11.4. The number of aromatic nitrogens is 1. The Morgan fingerprint density at radius 2 is 2.03 bits per heavy atom. The summed E-state index contributed by atoms with van der Waals surface area (Å²) in [6, 6.07) is 14.6. The van der Waals surface area contributed by atoms with E-state index in [1.807, 2.05) is 25.1 Å². The van der Waals surface area contributed by atoms with Crippen molar-refractivity contribution in [2.45, 2.75) is 6.92 Å². The lowest BCUT2D eigenvalue weighted by Gasteiger charge is -2.11. The molecule has 5 aromatic rings. The lowest BCUT2D eigenvalue weighted by molar-refractivity contribution is -0.402. The second-order valence-electron chi connectivity index (χ2n) is 7.24. The number of rotatable bonds is 5. The molecule has 0 atom stereocenters. The van der Waals surface area contributed by atoms with Crippen LogP contribution in [0.4, 0.5) is 11.0 Å². The van der Waals surface area contributed by atoms with E-state index in [0.717, 1.165) is 21.3 Å². The Morgan fingerprint density at radius 3 is 2.82 bits per heavy atom. The number of amides is 1. The zero-order valence-electron chi connectivity index (χ0n) is 17.5. The van der Waals surface area contributed by atoms with Crippen LogP contribution >= 0.6 is 11.3 Å². The minimum absolute atomic E-state index is 0.110. The Labute approximate surface area is 194 Å². The van der Waals surface area contributed by atoms with Crippen molar-refractivity contribution in [2.24, 2.45) is 5.10 Å². The van der Waals surface area contributed by atoms with Crippen LogP contribution in [0.25, 0.3) is 21.2 Å². The molecule has 2 aromatic carbocycles. The van der Waals surface area contributed by atoms with Crippen LogP contribution in [0.5, 0.6) is 0 Å². The lowest BCUT2D eigenvalue weighted by Crippen LogP contribution is -2.25. The summed E-state index contributed by atoms with van der Waals surface area (Å²) in [5.41, 5.74) is 1.86. The highest BCUT2D eigenvalue weighted by molar-refractivity contribution is 7.22. The van der Waals surface area contributed by atoms with Gasteiger partial charge in [-0.2, -0.15) is 10.1 Å². The molecular weight excluding hydrogens is 460 g/mol. The standard InChI is InChI=1S/C23H14N4O6S/c1-13-6-7-16-19(10-13)34-23(25-16)26(22(29)18-8-9-20(33-18)27(30)31)24-11-14-12-32-17-5-3-2-4-15(17)21(14)28/h2-12H,1H3/b24-11+. The van der Waals surface area contributed by atoms with Crippen molar-refractivity contribution in [2.75, 3.05) is 5.01 Å². The first-order valence-corrected chi connectivity index (χ1v) is 10.7. The van der Waals surface area contributed by atoms with Gasteiger partial charge in [0.15, 0.2) is 0 Å². The van der Waals surface area contributed by atoms with Gasteiger partial charge in [-0.1, -0.05) is 29.5 Å². The van der Waals surface area contributed by atoms with Gasteiger partial charge in [0.2, 0.25) is 16.3 Å². The molecule has 0 N–H and O–H groups in total. The van der Waals surface area contributed by atoms with E-state index in [1.54, 1.807) is 24.3 Å². The SMILES string of the molecule is Cc1ccc2nc(N(/N=C/c3coc4ccccc4c3=O)C(=O)c3ccc([N+](=O)[O-])o3)sc2c1. The second-order valence-corrected chi connectivity index (χ2v) is 8.25. The molecule has 0 radical (unpaired) electrons. The van der Waals surface area contributed by atoms with Gasteiger partial charge >= 0.3 is 11.8 Å². The number of carbonyl (C=O) groups excluding carboxylic acids is 1. The van der Waals surface area contributed by atoms with E-state index in [4.69, 9.17) is 8.83 Å². The summed E-state index contributed by atoms with van der Waals surface area (Å²) in [5.74, 6) is -1.67. The van der Waals surface area contributed by atoms with Gasteiger partial charge in [-0.15, -0.1) is 0 Å². The molecule has 3 heterocycles. The van der Waals surface area contributed by atoms with Gasteiger partial charge in [-0.25, -0.2) is 4.98 Å². The number of thiazole rings is 1. The van der Waals surface area contributed by atoms with Crippen molar-refractivity contribution in [3.05, 3.63) is 98.1 Å². The summed E-state index contributed by atoms with van der Waals surface area (Å²) in [5, 5.41) is 16.7. The maximum atomic E-state index is 13.2. The van der Waals surface area contributed by atoms with E-state index in [0.29, 0.717) is 16.5 Å². The highest BCUT2D eigenvalue weighted by atomic mass is 32.1. The van der Waals surface area contributed by atoms with Gasteiger partial charge in [0.1, 0.15) is 16.8 Å². The van der Waals surface area contributed by atoms with Crippen molar-refractivity contribution in [1.29, 1.82) is 0 Å². The predicted octanol–water partition coefficient (Wildman–Crippen LogP) is 4.89. The number of furan rings is 1. The summed E-state index contributed by atoms with van der Waals surface area (Å²) >= 11 is 1.20. The molecular formula is C23H14N4O6S. The van der Waals surface area contributed by atoms with Crippen molar-refractivity contribution in [1.82, 2.24) is 4.98 Å². The van der Waals surface area contributed by atoms with Gasteiger partial charge < -0.3 is 8.83 Å². The summed E-state index contributed by atoms with van der Waals surface area (Å²) in [4.78, 5) is 40.7. The van der Waals surface area contributed by atoms with Gasteiger partial charge in [0.05, 0.1) is 33.4 Å². The number of hydrogen-bond acceptors (Lipinski definition) is 9. The van der Waals surface area contributed by atoms with Gasteiger partial charge in [-0.05, 0) is 42.8 Å². The van der Waals surface area contributed by atoms with Gasteiger partial charge in [-0.3, -0.25) is 19.7 Å². The molecule has 0 aliphatic carbocycles. The van der Waals surface area contributed by atoms with Crippen LogP contribution in [0.3, 0.4) is 0 Å². The lowest BCUT2D eigenvalue weighted by atomic mass is 10.2. The number of hydrazone groups is 1. The number of nitro groups is 1. The number of anilines is 1. The van der Waals surface area contributed by atoms with E-state index < -0.39 is 16.7 Å². The quantitative estimate of drug-likeness (QED) is 0.201. The third-order valence-electron chi connectivity index (χ3n) is 4.91. The fraction of sp³-hybridized carbons (Fsp3) is 0.0435. The summed E-state index contributed by atoms with van der Waals surface area (Å²) in [7, 11) is 0. The normalized spacial score (nSPS) is 11.4. The van der Waals surface area contributed by atoms with E-state index in [1.165, 1.54) is 29.9 Å². The average molecular weight is 474 g/mol. The molecule has 168 valence electrons. The number of aryl methyl sites for hydroxylation is 1. The van der Waals surface area contributed by atoms with Crippen LogP contribution in [0.1, 0.15) is 21.7 Å². The van der Waals surface area contributed by atoms with Crippen LogP contribution in [-0.4, -0.2) is 22.0 Å². The van der Waals surface area contributed by atoms with E-state index in [9.17, 15) is 19.7 Å². The highest BCUT2D eigenvalue weighted by Crippen LogP contribution is 2.31. The van der Waals surface area contributed by atoms with E-state index in [2.05, 4.69) is 10.1 Å². The topological polar surface area (TPSA) is 132 Å². The Hall–Kier alpha value is -4.64. The highest BCUT2D eigenvalue weighted by Gasteiger charge is 2.26. The van der Waals surface area contributed by atoms with Crippen molar-refractivity contribution >= 4 is 55.7 Å². The van der Waals surface area contributed by atoms with Crippen molar-refractivity contribution in [3.8, 4) is 0 Å². The van der Waals surface area contributed by atoms with Crippen LogP contribution in [-0.2, 0) is 0 Å². The average Bonchev–Trinajstić information content (AvgIpc) is 3.48. The molecule has 3 aromatic heterocycles. The molecule has 34 heavy (non-hydrogen) atoms. The maximum absolute atomic E-state index is 13.2. The first kappa shape index (κ1) is 21.2. The Morgan fingerprint density at radius 1 is 1.21 bits per heavy atom. The molecule has 0 unspecified atom stereocenters. The number of nitrogens with zero attached hydrogens (tertiary/aromatic N) is 4. The molecule has 0 saturated heterocycles. The molecule has 0 spiro atoms. The molecule has 0 fully saturated rings. The Bertz CT molecular complexity index is 1670. The van der Waals surface area contributed by atoms with Crippen molar-refractivity contribution in [3.63, 3.8) is 0 Å². The fourth-order valence-corrected chi connectivity index (χ4v) is 4.27. The van der Waals surface area contributed by atoms with E-state index >= 15 is 0 Å². The van der Waals surface area contributed by atoms with Crippen molar-refractivity contribution < 1.29 is 18.6 Å². The monoisotopic (exact) mass is 474 g/mol. The smallest absolute Gasteiger partial charge is 0.433 e. The third kappa shape index (κ3) is 3.84. The zero-order chi connectivity index (χ0) is 23.8. The Balaban J connectivity index is 1.59. The first-order valence-electron chi connectivity index (χ1n) is 9.91. The molecule has 1 amide bonds. The fourth-order valence-electron chi connectivity index (χ4n) is 3.25. The number of carbonyl (C=O) groups is 1. The Kier molecular flexibility index (Phi) is 5.22. The van der Waals surface area contributed by atoms with Gasteiger partial charge in [0, 0.05) is 0 Å². The largest absolute Gasteiger partial charge is 0.463 e. The minimum atomic E-state index is -0.787. The van der Waals surface area contributed by atoms with E-state index in [-0.39, 0.29) is 21.9 Å². The molecule has 0 aliphatic heterocycles. The molecule has 0 bridgehead atoms. The molecule has 0 saturated carbocycles. The van der Waals surface area contributed by atoms with Gasteiger partial charge in [0.25, 0.3) is 0 Å². The van der Waals surface area contributed by atoms with Crippen LogP contribution < -0.4 is 10.4 Å². The third-order valence-corrected chi connectivity index (χ3v) is 5.90. The number of benzene rings is 2. The maximum Gasteiger partial charge on any atom is 0.433 e.